The zero-order valence-electron chi connectivity index (χ0n) is 19.6. The summed E-state index contributed by atoms with van der Waals surface area (Å²) in [5.74, 6) is -0.857. The average molecular weight is 503 g/mol. The second-order valence-corrected chi connectivity index (χ2v) is 14.1. The van der Waals surface area contributed by atoms with Gasteiger partial charge in [-0.2, -0.15) is 0 Å². The summed E-state index contributed by atoms with van der Waals surface area (Å²) in [5.41, 5.74) is 0.556. The Morgan fingerprint density at radius 1 is 1.24 bits per heavy atom. The number of fused-ring (bicyclic) bond motifs is 2. The summed E-state index contributed by atoms with van der Waals surface area (Å²) in [6.07, 6.45) is -0.647. The third kappa shape index (κ3) is 4.41. The SMILES string of the molecule is C[C@H]1[C@H]([Si](C)(C)O)[C@@H](CC(=O)N(CCO)Cc2ccccc2)O[C@]12C(=O)Nc1ccc(Cl)cc12. The highest BCUT2D eigenvalue weighted by molar-refractivity contribution is 6.71. The lowest BCUT2D eigenvalue weighted by molar-refractivity contribution is -0.148. The van der Waals surface area contributed by atoms with Crippen LogP contribution in [-0.2, 0) is 26.5 Å². The van der Waals surface area contributed by atoms with Gasteiger partial charge in [0.15, 0.2) is 13.9 Å². The number of anilines is 1. The fourth-order valence-electron chi connectivity index (χ4n) is 5.59. The fraction of sp³-hybridized carbons (Fsp3) is 0.440. The number of rotatable bonds is 7. The summed E-state index contributed by atoms with van der Waals surface area (Å²) in [4.78, 5) is 39.5. The van der Waals surface area contributed by atoms with E-state index in [2.05, 4.69) is 5.32 Å². The molecule has 0 unspecified atom stereocenters. The molecule has 1 saturated heterocycles. The highest BCUT2D eigenvalue weighted by Crippen LogP contribution is 2.58. The van der Waals surface area contributed by atoms with Gasteiger partial charge in [-0.15, -0.1) is 0 Å². The van der Waals surface area contributed by atoms with Gasteiger partial charge >= 0.3 is 0 Å². The summed E-state index contributed by atoms with van der Waals surface area (Å²) in [7, 11) is -2.86. The Hall–Kier alpha value is -2.23. The Labute approximate surface area is 205 Å². The third-order valence-electron chi connectivity index (χ3n) is 7.02. The Kier molecular flexibility index (Phi) is 6.90. The Balaban J connectivity index is 1.65. The van der Waals surface area contributed by atoms with E-state index < -0.39 is 20.0 Å². The number of nitrogens with zero attached hydrogens (tertiary/aromatic N) is 1. The first kappa shape index (κ1) is 24.9. The van der Waals surface area contributed by atoms with E-state index in [-0.39, 0.29) is 42.8 Å². The number of carbonyl (C=O) groups excluding carboxylic acids is 2. The predicted molar refractivity (Wildman–Crippen MR) is 133 cm³/mol. The van der Waals surface area contributed by atoms with E-state index in [1.165, 1.54) is 0 Å². The number of ether oxygens (including phenoxy) is 1. The standard InChI is InChI=1S/C25H31ClN2O5Si/c1-16-23(34(2,3)32)21(14-22(30)28(11-12-29)15-17-7-5-4-6-8-17)33-25(16)19-13-18(26)9-10-20(19)27-24(25)31/h4-10,13,16,21,23,29,32H,11-12,14-15H2,1-3H3,(H,27,31)/t16-,21+,23-,25+/m0/s1. The van der Waals surface area contributed by atoms with Crippen LogP contribution < -0.4 is 5.32 Å². The normalized spacial score (nSPS) is 25.9. The molecule has 3 N–H and O–H groups in total. The molecular formula is C25H31ClN2O5Si. The molecule has 2 aromatic carbocycles. The maximum Gasteiger partial charge on any atom is 0.261 e. The highest BCUT2D eigenvalue weighted by Gasteiger charge is 2.64. The van der Waals surface area contributed by atoms with Crippen molar-refractivity contribution in [1.29, 1.82) is 0 Å². The molecule has 0 bridgehead atoms. The molecule has 0 aromatic heterocycles. The minimum atomic E-state index is -2.86. The fourth-order valence-corrected chi connectivity index (χ4v) is 8.31. The molecule has 182 valence electrons. The Bertz CT molecular complexity index is 1080. The van der Waals surface area contributed by atoms with Crippen molar-refractivity contribution in [3.05, 3.63) is 64.7 Å². The molecule has 2 amide bonds. The summed E-state index contributed by atoms with van der Waals surface area (Å²) in [6, 6.07) is 14.8. The van der Waals surface area contributed by atoms with Crippen molar-refractivity contribution in [2.75, 3.05) is 18.5 Å². The molecule has 0 radical (unpaired) electrons. The van der Waals surface area contributed by atoms with Crippen LogP contribution >= 0.6 is 11.6 Å². The van der Waals surface area contributed by atoms with Gasteiger partial charge in [-0.3, -0.25) is 9.59 Å². The van der Waals surface area contributed by atoms with Crippen LogP contribution in [0.5, 0.6) is 0 Å². The second kappa shape index (κ2) is 9.43. The molecule has 2 aliphatic rings. The number of aliphatic hydroxyl groups excluding tert-OH is 1. The van der Waals surface area contributed by atoms with Crippen LogP contribution in [0.4, 0.5) is 5.69 Å². The molecular weight excluding hydrogens is 472 g/mol. The maximum atomic E-state index is 13.4. The topological polar surface area (TPSA) is 99.1 Å². The van der Waals surface area contributed by atoms with Crippen LogP contribution in [0.15, 0.2) is 48.5 Å². The second-order valence-electron chi connectivity index (χ2n) is 9.73. The van der Waals surface area contributed by atoms with Gasteiger partial charge in [0.25, 0.3) is 5.91 Å². The first-order valence-corrected chi connectivity index (χ1v) is 14.9. The molecule has 34 heavy (non-hydrogen) atoms. The quantitative estimate of drug-likeness (QED) is 0.503. The largest absolute Gasteiger partial charge is 0.432 e. The Morgan fingerprint density at radius 3 is 2.59 bits per heavy atom. The van der Waals surface area contributed by atoms with Crippen molar-refractivity contribution in [3.63, 3.8) is 0 Å². The van der Waals surface area contributed by atoms with Crippen molar-refractivity contribution in [2.45, 2.75) is 50.2 Å². The van der Waals surface area contributed by atoms with Gasteiger partial charge in [-0.05, 0) is 36.9 Å². The van der Waals surface area contributed by atoms with Crippen LogP contribution in [0.2, 0.25) is 23.7 Å². The van der Waals surface area contributed by atoms with Gasteiger partial charge in [-0.25, -0.2) is 0 Å². The molecule has 0 aliphatic carbocycles. The summed E-state index contributed by atoms with van der Waals surface area (Å²) < 4.78 is 6.50. The van der Waals surface area contributed by atoms with Gasteiger partial charge in [0.2, 0.25) is 5.91 Å². The number of hydrogen-bond acceptors (Lipinski definition) is 5. The minimum absolute atomic E-state index is 0.00373. The van der Waals surface area contributed by atoms with Crippen LogP contribution in [-0.4, -0.2) is 54.2 Å². The first-order chi connectivity index (χ1) is 16.1. The van der Waals surface area contributed by atoms with E-state index in [1.54, 1.807) is 23.1 Å². The van der Waals surface area contributed by atoms with Crippen molar-refractivity contribution in [1.82, 2.24) is 4.90 Å². The molecule has 1 fully saturated rings. The number of benzene rings is 2. The zero-order chi connectivity index (χ0) is 24.7. The van der Waals surface area contributed by atoms with Gasteiger partial charge in [0, 0.05) is 40.8 Å². The molecule has 9 heteroatoms. The van der Waals surface area contributed by atoms with E-state index in [9.17, 15) is 19.5 Å². The van der Waals surface area contributed by atoms with Crippen LogP contribution in [0.25, 0.3) is 0 Å². The zero-order valence-corrected chi connectivity index (χ0v) is 21.4. The van der Waals surface area contributed by atoms with Gasteiger partial charge in [0.1, 0.15) is 0 Å². The van der Waals surface area contributed by atoms with Crippen LogP contribution in [0.3, 0.4) is 0 Å². The molecule has 2 heterocycles. The first-order valence-electron chi connectivity index (χ1n) is 11.5. The van der Waals surface area contributed by atoms with E-state index in [0.717, 1.165) is 5.56 Å². The summed E-state index contributed by atoms with van der Waals surface area (Å²) in [5, 5.41) is 12.9. The van der Waals surface area contributed by atoms with E-state index in [1.807, 2.05) is 50.3 Å². The third-order valence-corrected chi connectivity index (χ3v) is 9.75. The number of amides is 2. The molecule has 2 aromatic rings. The van der Waals surface area contributed by atoms with Gasteiger partial charge in [-0.1, -0.05) is 48.9 Å². The van der Waals surface area contributed by atoms with Crippen LogP contribution in [0.1, 0.15) is 24.5 Å². The molecule has 4 atom stereocenters. The van der Waals surface area contributed by atoms with Crippen molar-refractivity contribution >= 4 is 37.4 Å². The van der Waals surface area contributed by atoms with Gasteiger partial charge < -0.3 is 24.9 Å². The number of nitrogens with one attached hydrogen (secondary N) is 1. The number of carbonyl (C=O) groups is 2. The smallest absolute Gasteiger partial charge is 0.261 e. The predicted octanol–water partition coefficient (Wildman–Crippen LogP) is 3.50. The molecule has 7 nitrogen and oxygen atoms in total. The molecule has 4 rings (SSSR count). The molecule has 0 saturated carbocycles. The lowest BCUT2D eigenvalue weighted by Crippen LogP contribution is -2.44. The van der Waals surface area contributed by atoms with E-state index in [0.29, 0.717) is 22.8 Å². The minimum Gasteiger partial charge on any atom is -0.432 e. The summed E-state index contributed by atoms with van der Waals surface area (Å²) >= 11 is 6.26. The lowest BCUT2D eigenvalue weighted by atomic mass is 9.82. The number of hydrogen-bond donors (Lipinski definition) is 3. The van der Waals surface area contributed by atoms with Crippen LogP contribution in [0, 0.1) is 5.92 Å². The number of aliphatic hydroxyl groups is 1. The van der Waals surface area contributed by atoms with Crippen molar-refractivity contribution < 1.29 is 24.2 Å². The lowest BCUT2D eigenvalue weighted by Gasteiger charge is -2.32. The molecule has 1 spiro atoms. The monoisotopic (exact) mass is 502 g/mol. The van der Waals surface area contributed by atoms with Crippen molar-refractivity contribution in [3.8, 4) is 0 Å². The molecule has 2 aliphatic heterocycles. The maximum absolute atomic E-state index is 13.4. The van der Waals surface area contributed by atoms with Gasteiger partial charge in [0.05, 0.1) is 19.1 Å². The van der Waals surface area contributed by atoms with E-state index in [4.69, 9.17) is 16.3 Å². The average Bonchev–Trinajstić information content (AvgIpc) is 3.22. The summed E-state index contributed by atoms with van der Waals surface area (Å²) in [6.45, 7) is 5.92. The Morgan fingerprint density at radius 2 is 1.94 bits per heavy atom. The van der Waals surface area contributed by atoms with E-state index >= 15 is 0 Å². The van der Waals surface area contributed by atoms with Crippen molar-refractivity contribution in [2.24, 2.45) is 5.92 Å². The highest BCUT2D eigenvalue weighted by atomic mass is 35.5. The number of halogens is 1.